The van der Waals surface area contributed by atoms with Gasteiger partial charge >= 0.3 is 6.03 Å². The molecule has 0 spiro atoms. The summed E-state index contributed by atoms with van der Waals surface area (Å²) in [6, 6.07) is -0.870. The standard InChI is InChI=1S/C27H36F2N6O3/c1-5-19-13-18(22-16-38-34-24(15-36)32-22)14-30-26(19,4)20-9-11-35(12-10-20)25(37)33-23-8-7-21(17(3)31-23)27(28,29)6-2/h7-9,13-14,17,31,36H,5-6,10-12,15-16H2,1-4H3,(H,32,34)(H,33,37). The summed E-state index contributed by atoms with van der Waals surface area (Å²) in [7, 11) is 0. The Labute approximate surface area is 221 Å². The van der Waals surface area contributed by atoms with Crippen LogP contribution in [0.4, 0.5) is 13.6 Å². The molecule has 0 saturated heterocycles. The Morgan fingerprint density at radius 3 is 2.79 bits per heavy atom. The predicted octanol–water partition coefficient (Wildman–Crippen LogP) is 3.49. The molecule has 38 heavy (non-hydrogen) atoms. The van der Waals surface area contributed by atoms with Gasteiger partial charge in [0, 0.05) is 36.9 Å². The van der Waals surface area contributed by atoms with Gasteiger partial charge in [0.25, 0.3) is 5.92 Å². The summed E-state index contributed by atoms with van der Waals surface area (Å²) in [4.78, 5) is 24.7. The SMILES string of the molecule is CCC1=CC(=C2CON=C(CO)N2)C=NC1(C)C1=CCN(C(=O)NC2=CC=C(C(F)(F)CC)C(C)N2)CC1. The predicted molar refractivity (Wildman–Crippen MR) is 143 cm³/mol. The molecular formula is C27H36F2N6O3. The number of aliphatic hydroxyl groups is 1. The first kappa shape index (κ1) is 27.6. The maximum absolute atomic E-state index is 14.1. The van der Waals surface area contributed by atoms with Crippen molar-refractivity contribution in [2.24, 2.45) is 10.1 Å². The van der Waals surface area contributed by atoms with E-state index in [0.717, 1.165) is 28.8 Å². The summed E-state index contributed by atoms with van der Waals surface area (Å²) in [6.45, 7) is 8.23. The van der Waals surface area contributed by atoms with Crippen LogP contribution in [-0.2, 0) is 4.84 Å². The number of dihydropyridines is 2. The molecule has 9 nitrogen and oxygen atoms in total. The number of aliphatic imine (C=N–C) groups is 1. The van der Waals surface area contributed by atoms with E-state index in [9.17, 15) is 18.7 Å². The monoisotopic (exact) mass is 530 g/mol. The maximum Gasteiger partial charge on any atom is 0.323 e. The van der Waals surface area contributed by atoms with Gasteiger partial charge in [-0.3, -0.25) is 10.3 Å². The van der Waals surface area contributed by atoms with Gasteiger partial charge in [0.1, 0.15) is 18.0 Å². The molecule has 0 aromatic heterocycles. The summed E-state index contributed by atoms with van der Waals surface area (Å²) in [5, 5.41) is 22.0. The van der Waals surface area contributed by atoms with Crippen molar-refractivity contribution >= 4 is 18.1 Å². The molecule has 0 fully saturated rings. The molecular weight excluding hydrogens is 494 g/mol. The molecule has 206 valence electrons. The maximum atomic E-state index is 14.1. The second-order valence-corrected chi connectivity index (χ2v) is 9.86. The lowest BCUT2D eigenvalue weighted by molar-refractivity contribution is 0.0306. The number of halogens is 2. The third kappa shape index (κ3) is 5.52. The quantitative estimate of drug-likeness (QED) is 0.393. The number of nitrogens with one attached hydrogen (secondary N) is 3. The smallest absolute Gasteiger partial charge is 0.323 e. The van der Waals surface area contributed by atoms with Gasteiger partial charge in [0.15, 0.2) is 12.4 Å². The van der Waals surface area contributed by atoms with E-state index in [1.807, 2.05) is 12.3 Å². The van der Waals surface area contributed by atoms with Gasteiger partial charge in [0.05, 0.1) is 11.7 Å². The number of oxime groups is 1. The van der Waals surface area contributed by atoms with Gasteiger partial charge < -0.3 is 25.5 Å². The Bertz CT molecular complexity index is 1180. The zero-order valence-corrected chi connectivity index (χ0v) is 22.3. The highest BCUT2D eigenvalue weighted by molar-refractivity contribution is 5.90. The fourth-order valence-electron chi connectivity index (χ4n) is 5.07. The number of rotatable bonds is 6. The molecule has 0 bridgehead atoms. The summed E-state index contributed by atoms with van der Waals surface area (Å²) in [6.07, 6.45) is 10.0. The molecule has 4 heterocycles. The Kier molecular flexibility index (Phi) is 8.05. The minimum Gasteiger partial charge on any atom is -0.388 e. The number of amides is 2. The molecule has 2 unspecified atom stereocenters. The van der Waals surface area contributed by atoms with Crippen molar-refractivity contribution in [3.05, 3.63) is 58.1 Å². The number of aliphatic hydroxyl groups excluding tert-OH is 1. The number of carbonyl (C=O) groups excluding carboxylic acids is 1. The van der Waals surface area contributed by atoms with Crippen LogP contribution in [0.1, 0.15) is 47.0 Å². The first-order valence-electron chi connectivity index (χ1n) is 13.0. The van der Waals surface area contributed by atoms with E-state index in [4.69, 9.17) is 9.83 Å². The number of nitrogens with zero attached hydrogens (tertiary/aromatic N) is 3. The summed E-state index contributed by atoms with van der Waals surface area (Å²) in [5.74, 6) is -2.13. The van der Waals surface area contributed by atoms with Gasteiger partial charge in [0.2, 0.25) is 0 Å². The minimum atomic E-state index is -2.88. The van der Waals surface area contributed by atoms with Crippen LogP contribution in [0.5, 0.6) is 0 Å². The fraction of sp³-hybridized carbons (Fsp3) is 0.519. The van der Waals surface area contributed by atoms with Crippen molar-refractivity contribution in [2.75, 3.05) is 26.3 Å². The molecule has 0 aromatic carbocycles. The lowest BCUT2D eigenvalue weighted by Gasteiger charge is -2.38. The fourth-order valence-corrected chi connectivity index (χ4v) is 5.07. The van der Waals surface area contributed by atoms with Crippen LogP contribution in [0.15, 0.2) is 68.3 Å². The molecule has 11 heteroatoms. The van der Waals surface area contributed by atoms with Crippen LogP contribution in [-0.4, -0.2) is 71.9 Å². The van der Waals surface area contributed by atoms with E-state index < -0.39 is 17.5 Å². The van der Waals surface area contributed by atoms with E-state index in [0.29, 0.717) is 31.2 Å². The minimum absolute atomic E-state index is 0.0113. The van der Waals surface area contributed by atoms with Crippen molar-refractivity contribution in [3.8, 4) is 0 Å². The molecule has 4 aliphatic rings. The van der Waals surface area contributed by atoms with Crippen molar-refractivity contribution in [1.82, 2.24) is 20.9 Å². The van der Waals surface area contributed by atoms with E-state index in [1.54, 1.807) is 11.8 Å². The van der Waals surface area contributed by atoms with E-state index in [-0.39, 0.29) is 31.2 Å². The van der Waals surface area contributed by atoms with E-state index >= 15 is 0 Å². The molecule has 2 amide bonds. The van der Waals surface area contributed by atoms with E-state index in [2.05, 4.69) is 41.0 Å². The Morgan fingerprint density at radius 1 is 1.37 bits per heavy atom. The van der Waals surface area contributed by atoms with Gasteiger partial charge in [-0.2, -0.15) is 0 Å². The number of amidine groups is 1. The van der Waals surface area contributed by atoms with E-state index in [1.165, 1.54) is 19.1 Å². The highest BCUT2D eigenvalue weighted by Crippen LogP contribution is 2.38. The van der Waals surface area contributed by atoms with Crippen LogP contribution < -0.4 is 16.0 Å². The van der Waals surface area contributed by atoms with Crippen molar-refractivity contribution < 1.29 is 23.5 Å². The third-order valence-corrected chi connectivity index (χ3v) is 7.47. The van der Waals surface area contributed by atoms with Gasteiger partial charge in [-0.25, -0.2) is 13.6 Å². The van der Waals surface area contributed by atoms with Crippen molar-refractivity contribution in [1.29, 1.82) is 0 Å². The van der Waals surface area contributed by atoms with Crippen molar-refractivity contribution in [3.63, 3.8) is 0 Å². The second-order valence-electron chi connectivity index (χ2n) is 9.86. The van der Waals surface area contributed by atoms with Crippen LogP contribution in [0.2, 0.25) is 0 Å². The summed E-state index contributed by atoms with van der Waals surface area (Å²) >= 11 is 0. The summed E-state index contributed by atoms with van der Waals surface area (Å²) in [5.41, 5.74) is 3.45. The van der Waals surface area contributed by atoms with Crippen molar-refractivity contribution in [2.45, 2.75) is 64.5 Å². The molecule has 4 N–H and O–H groups in total. The molecule has 0 aliphatic carbocycles. The molecule has 0 aromatic rings. The number of allylic oxidation sites excluding steroid dienone is 4. The lowest BCUT2D eigenvalue weighted by Crippen LogP contribution is -2.48. The zero-order chi connectivity index (χ0) is 27.5. The average Bonchev–Trinajstić information content (AvgIpc) is 2.93. The highest BCUT2D eigenvalue weighted by atomic mass is 19.3. The first-order valence-corrected chi connectivity index (χ1v) is 13.0. The number of carbonyl (C=O) groups is 1. The van der Waals surface area contributed by atoms with Crippen LogP contribution >= 0.6 is 0 Å². The lowest BCUT2D eigenvalue weighted by atomic mass is 9.78. The first-order chi connectivity index (χ1) is 18.1. The summed E-state index contributed by atoms with van der Waals surface area (Å²) < 4.78 is 28.2. The van der Waals surface area contributed by atoms with Gasteiger partial charge in [-0.15, -0.1) is 0 Å². The number of urea groups is 1. The topological polar surface area (TPSA) is 111 Å². The van der Waals surface area contributed by atoms with Crippen LogP contribution in [0.3, 0.4) is 0 Å². The number of alkyl halides is 2. The average molecular weight is 531 g/mol. The number of hydrogen-bond acceptors (Lipinski definition) is 7. The molecule has 0 radical (unpaired) electrons. The molecule has 0 saturated carbocycles. The largest absolute Gasteiger partial charge is 0.388 e. The zero-order valence-electron chi connectivity index (χ0n) is 22.3. The molecule has 2 atom stereocenters. The third-order valence-electron chi connectivity index (χ3n) is 7.47. The molecule has 4 rings (SSSR count). The molecule has 4 aliphatic heterocycles. The van der Waals surface area contributed by atoms with Gasteiger partial charge in [-0.1, -0.05) is 31.2 Å². The van der Waals surface area contributed by atoms with Gasteiger partial charge in [-0.05, 0) is 50.0 Å². The highest BCUT2D eigenvalue weighted by Gasteiger charge is 2.37. The second kappa shape index (κ2) is 11.1. The Morgan fingerprint density at radius 2 is 2.16 bits per heavy atom. The van der Waals surface area contributed by atoms with Crippen LogP contribution in [0.25, 0.3) is 0 Å². The van der Waals surface area contributed by atoms with Crippen LogP contribution in [0, 0.1) is 0 Å². The Balaban J connectivity index is 1.43. The normalized spacial score (nSPS) is 27.6. The Hall–Kier alpha value is -3.47. The number of hydrogen-bond donors (Lipinski definition) is 4.